The fraction of sp³-hybridized carbons (Fsp3) is 0.0909. The summed E-state index contributed by atoms with van der Waals surface area (Å²) in [4.78, 5) is 26.4. The Morgan fingerprint density at radius 2 is 1.70 bits per heavy atom. The van der Waals surface area contributed by atoms with Gasteiger partial charge < -0.3 is 10.1 Å². The van der Waals surface area contributed by atoms with E-state index >= 15 is 0 Å². The summed E-state index contributed by atoms with van der Waals surface area (Å²) in [6.07, 6.45) is 1.69. The van der Waals surface area contributed by atoms with Crippen molar-refractivity contribution in [2.75, 3.05) is 11.5 Å². The van der Waals surface area contributed by atoms with Crippen LogP contribution in [0.15, 0.2) is 72.4 Å². The number of carbonyl (C=O) groups is 2. The lowest BCUT2D eigenvalue weighted by Crippen LogP contribution is -2.30. The lowest BCUT2D eigenvalue weighted by Gasteiger charge is -2.12. The number of hydrogen-bond donors (Lipinski definition) is 1. The Hall–Kier alpha value is -3.60. The van der Waals surface area contributed by atoms with Gasteiger partial charge in [-0.1, -0.05) is 48.5 Å². The molecule has 5 heteroatoms. The number of anilines is 1. The number of para-hydroxylation sites is 1. The SMILES string of the molecule is CCOc1ccc2ccccc2c1/C=C1\NC(=O)N(c2ccccc2)C1=O. The smallest absolute Gasteiger partial charge is 0.333 e. The van der Waals surface area contributed by atoms with Crippen LogP contribution in [-0.2, 0) is 4.79 Å². The van der Waals surface area contributed by atoms with E-state index in [1.54, 1.807) is 30.3 Å². The standard InChI is InChI=1S/C22H18N2O3/c1-2-27-20-13-12-15-8-6-7-11-17(15)18(20)14-19-21(25)24(22(26)23-19)16-9-4-3-5-10-16/h3-14H,2H2,1H3,(H,23,26)/b19-14-. The van der Waals surface area contributed by atoms with Crippen LogP contribution in [0.25, 0.3) is 16.8 Å². The van der Waals surface area contributed by atoms with Crippen molar-refractivity contribution in [1.29, 1.82) is 0 Å². The predicted molar refractivity (Wildman–Crippen MR) is 106 cm³/mol. The van der Waals surface area contributed by atoms with E-state index < -0.39 is 6.03 Å². The van der Waals surface area contributed by atoms with Gasteiger partial charge in [0.15, 0.2) is 0 Å². The highest BCUT2D eigenvalue weighted by Crippen LogP contribution is 2.31. The maximum absolute atomic E-state index is 12.9. The third-order valence-corrected chi connectivity index (χ3v) is 4.41. The van der Waals surface area contributed by atoms with Crippen molar-refractivity contribution in [3.05, 3.63) is 78.0 Å². The normalized spacial score (nSPS) is 15.4. The molecule has 1 aliphatic rings. The Balaban J connectivity index is 1.81. The van der Waals surface area contributed by atoms with Crippen LogP contribution in [0.4, 0.5) is 10.5 Å². The van der Waals surface area contributed by atoms with Gasteiger partial charge >= 0.3 is 6.03 Å². The fourth-order valence-corrected chi connectivity index (χ4v) is 3.20. The number of nitrogens with zero attached hydrogens (tertiary/aromatic N) is 1. The highest BCUT2D eigenvalue weighted by Gasteiger charge is 2.35. The number of benzene rings is 3. The van der Waals surface area contributed by atoms with Gasteiger partial charge in [-0.15, -0.1) is 0 Å². The van der Waals surface area contributed by atoms with Gasteiger partial charge in [0.05, 0.1) is 12.3 Å². The highest BCUT2D eigenvalue weighted by atomic mass is 16.5. The molecule has 0 spiro atoms. The van der Waals surface area contributed by atoms with Crippen LogP contribution in [0.3, 0.4) is 0 Å². The monoisotopic (exact) mass is 358 g/mol. The minimum Gasteiger partial charge on any atom is -0.493 e. The van der Waals surface area contributed by atoms with E-state index in [1.807, 2.05) is 49.4 Å². The number of amides is 3. The molecule has 1 saturated heterocycles. The van der Waals surface area contributed by atoms with Gasteiger partial charge in [-0.2, -0.15) is 0 Å². The maximum atomic E-state index is 12.9. The molecule has 3 aromatic rings. The van der Waals surface area contributed by atoms with Crippen LogP contribution in [0.2, 0.25) is 0 Å². The van der Waals surface area contributed by atoms with Gasteiger partial charge in [-0.25, -0.2) is 9.69 Å². The summed E-state index contributed by atoms with van der Waals surface area (Å²) in [6.45, 7) is 2.41. The largest absolute Gasteiger partial charge is 0.493 e. The van der Waals surface area contributed by atoms with Gasteiger partial charge in [0.2, 0.25) is 0 Å². The Bertz CT molecular complexity index is 1060. The first-order chi connectivity index (χ1) is 13.2. The second-order valence-electron chi connectivity index (χ2n) is 6.10. The zero-order valence-corrected chi connectivity index (χ0v) is 14.8. The second-order valence-corrected chi connectivity index (χ2v) is 6.10. The molecule has 5 nitrogen and oxygen atoms in total. The third kappa shape index (κ3) is 3.04. The Kier molecular flexibility index (Phi) is 4.34. The van der Waals surface area contributed by atoms with E-state index in [2.05, 4.69) is 5.32 Å². The molecule has 1 aliphatic heterocycles. The van der Waals surface area contributed by atoms with Gasteiger partial charge in [0.25, 0.3) is 5.91 Å². The summed E-state index contributed by atoms with van der Waals surface area (Å²) >= 11 is 0. The number of carbonyl (C=O) groups excluding carboxylic acids is 2. The number of rotatable bonds is 4. The number of nitrogens with one attached hydrogen (secondary N) is 1. The number of ether oxygens (including phenoxy) is 1. The topological polar surface area (TPSA) is 58.6 Å². The predicted octanol–water partition coefficient (Wildman–Crippen LogP) is 4.34. The molecule has 0 bridgehead atoms. The Morgan fingerprint density at radius 1 is 0.963 bits per heavy atom. The van der Waals surface area contributed by atoms with Crippen molar-refractivity contribution in [1.82, 2.24) is 5.32 Å². The summed E-state index contributed by atoms with van der Waals surface area (Å²) < 4.78 is 5.75. The Labute approximate surface area is 156 Å². The summed E-state index contributed by atoms with van der Waals surface area (Å²) in [5.41, 5.74) is 1.53. The zero-order valence-electron chi connectivity index (χ0n) is 14.8. The quantitative estimate of drug-likeness (QED) is 0.558. The molecule has 0 radical (unpaired) electrons. The highest BCUT2D eigenvalue weighted by molar-refractivity contribution is 6.28. The molecule has 1 heterocycles. The van der Waals surface area contributed by atoms with Crippen molar-refractivity contribution in [3.63, 3.8) is 0 Å². The first-order valence-corrected chi connectivity index (χ1v) is 8.76. The average Bonchev–Trinajstić information content (AvgIpc) is 2.97. The van der Waals surface area contributed by atoms with Crippen LogP contribution < -0.4 is 15.0 Å². The average molecular weight is 358 g/mol. The molecule has 1 fully saturated rings. The number of hydrogen-bond acceptors (Lipinski definition) is 3. The molecule has 1 N–H and O–H groups in total. The lowest BCUT2D eigenvalue weighted by molar-refractivity contribution is -0.113. The van der Waals surface area contributed by atoms with E-state index in [0.29, 0.717) is 18.0 Å². The van der Waals surface area contributed by atoms with Gasteiger partial charge in [0, 0.05) is 5.56 Å². The molecule has 0 unspecified atom stereocenters. The third-order valence-electron chi connectivity index (χ3n) is 4.41. The maximum Gasteiger partial charge on any atom is 0.333 e. The van der Waals surface area contributed by atoms with Crippen molar-refractivity contribution in [2.24, 2.45) is 0 Å². The van der Waals surface area contributed by atoms with Crippen LogP contribution in [0.5, 0.6) is 5.75 Å². The molecule has 0 atom stereocenters. The van der Waals surface area contributed by atoms with Gasteiger partial charge in [-0.3, -0.25) is 4.79 Å². The molecular weight excluding hydrogens is 340 g/mol. The minimum atomic E-state index is -0.462. The van der Waals surface area contributed by atoms with Crippen molar-refractivity contribution in [2.45, 2.75) is 6.92 Å². The fourth-order valence-electron chi connectivity index (χ4n) is 3.20. The summed E-state index contributed by atoms with van der Waals surface area (Å²) in [7, 11) is 0. The van der Waals surface area contributed by atoms with E-state index in [0.717, 1.165) is 21.2 Å². The summed E-state index contributed by atoms with van der Waals surface area (Å²) in [5, 5.41) is 4.66. The van der Waals surface area contributed by atoms with Crippen LogP contribution in [0.1, 0.15) is 12.5 Å². The van der Waals surface area contributed by atoms with E-state index in [1.165, 1.54) is 0 Å². The first kappa shape index (κ1) is 16.8. The number of imide groups is 1. The van der Waals surface area contributed by atoms with Crippen LogP contribution >= 0.6 is 0 Å². The number of fused-ring (bicyclic) bond motifs is 1. The van der Waals surface area contributed by atoms with Crippen molar-refractivity contribution in [3.8, 4) is 5.75 Å². The Morgan fingerprint density at radius 3 is 2.48 bits per heavy atom. The molecule has 4 rings (SSSR count). The molecule has 3 aromatic carbocycles. The molecule has 27 heavy (non-hydrogen) atoms. The molecule has 0 aromatic heterocycles. The zero-order chi connectivity index (χ0) is 18.8. The molecule has 0 aliphatic carbocycles. The van der Waals surface area contributed by atoms with Crippen LogP contribution in [-0.4, -0.2) is 18.5 Å². The summed E-state index contributed by atoms with van der Waals surface area (Å²) in [6, 6.07) is 20.1. The van der Waals surface area contributed by atoms with E-state index in [9.17, 15) is 9.59 Å². The summed E-state index contributed by atoms with van der Waals surface area (Å²) in [5.74, 6) is 0.283. The minimum absolute atomic E-state index is 0.223. The van der Waals surface area contributed by atoms with E-state index in [4.69, 9.17) is 4.74 Å². The van der Waals surface area contributed by atoms with Gasteiger partial charge in [0.1, 0.15) is 11.4 Å². The lowest BCUT2D eigenvalue weighted by atomic mass is 10.0. The first-order valence-electron chi connectivity index (χ1n) is 8.76. The van der Waals surface area contributed by atoms with E-state index in [-0.39, 0.29) is 11.6 Å². The molecule has 3 amide bonds. The van der Waals surface area contributed by atoms with Crippen LogP contribution in [0, 0.1) is 0 Å². The molecule has 134 valence electrons. The van der Waals surface area contributed by atoms with Crippen molar-refractivity contribution < 1.29 is 14.3 Å². The van der Waals surface area contributed by atoms with Gasteiger partial charge in [-0.05, 0) is 42.0 Å². The molecular formula is C22H18N2O3. The molecule has 0 saturated carbocycles. The second kappa shape index (κ2) is 6.96. The van der Waals surface area contributed by atoms with Crippen molar-refractivity contribution >= 4 is 34.5 Å². The number of urea groups is 1.